The van der Waals surface area contributed by atoms with E-state index < -0.39 is 6.04 Å². The topological polar surface area (TPSA) is 87.3 Å². The Labute approximate surface area is 212 Å². The summed E-state index contributed by atoms with van der Waals surface area (Å²) in [6, 6.07) is 18.7. The van der Waals surface area contributed by atoms with E-state index in [1.807, 2.05) is 66.2 Å². The lowest BCUT2D eigenvalue weighted by Crippen LogP contribution is -2.45. The van der Waals surface area contributed by atoms with Crippen molar-refractivity contribution in [3.63, 3.8) is 0 Å². The summed E-state index contributed by atoms with van der Waals surface area (Å²) in [5.74, 6) is 0.982. The number of thiophene rings is 1. The quantitative estimate of drug-likeness (QED) is 0.230. The van der Waals surface area contributed by atoms with Crippen LogP contribution in [0, 0.1) is 0 Å². The Bertz CT molecular complexity index is 1080. The lowest BCUT2D eigenvalue weighted by molar-refractivity contribution is -0.109. The van der Waals surface area contributed by atoms with E-state index in [4.69, 9.17) is 0 Å². The summed E-state index contributed by atoms with van der Waals surface area (Å²) >= 11 is 4.45. The molecule has 0 bridgehead atoms. The van der Waals surface area contributed by atoms with Gasteiger partial charge in [-0.05, 0) is 58.7 Å². The zero-order valence-electron chi connectivity index (χ0n) is 18.8. The second-order valence-corrected chi connectivity index (χ2v) is 10.3. The number of carbonyl (C=O) groups excluding carboxylic acids is 3. The van der Waals surface area contributed by atoms with Crippen molar-refractivity contribution < 1.29 is 14.4 Å². The first-order valence-corrected chi connectivity index (χ1v) is 14.0. The van der Waals surface area contributed by atoms with Gasteiger partial charge in [-0.3, -0.25) is 15.0 Å². The molecule has 0 spiro atoms. The molecule has 0 saturated carbocycles. The van der Waals surface area contributed by atoms with Gasteiger partial charge in [0.05, 0.1) is 12.6 Å². The fraction of sp³-hybridized carbons (Fsp3) is 0.240. The first kappa shape index (κ1) is 26.0. The van der Waals surface area contributed by atoms with Gasteiger partial charge in [0, 0.05) is 16.2 Å². The molecule has 1 heterocycles. The van der Waals surface area contributed by atoms with Crippen molar-refractivity contribution in [2.45, 2.75) is 24.8 Å². The lowest BCUT2D eigenvalue weighted by Gasteiger charge is -2.16. The summed E-state index contributed by atoms with van der Waals surface area (Å²) < 4.78 is 0. The number of hydrogen-bond donors (Lipinski definition) is 3. The standard InChI is InChI=1S/C25H27N3O3S3/c1-32-13-11-20(16-29)27-28-24(30)22-10-9-18(14-23(22)19-6-3-2-4-7-19)17-34-25(31)26-15-21-8-5-12-33-21/h2-10,12,14,16,20,27H,11,13,15,17H2,1H3,(H,26,31)(H,28,30)/t20-/m1/s1. The van der Waals surface area contributed by atoms with Gasteiger partial charge >= 0.3 is 0 Å². The van der Waals surface area contributed by atoms with Crippen LogP contribution in [-0.4, -0.2) is 35.5 Å². The van der Waals surface area contributed by atoms with Crippen LogP contribution in [0.1, 0.15) is 27.2 Å². The van der Waals surface area contributed by atoms with Gasteiger partial charge in [-0.2, -0.15) is 11.8 Å². The molecule has 178 valence electrons. The maximum absolute atomic E-state index is 12.9. The fourth-order valence-corrected chi connectivity index (χ4v) is 4.94. The van der Waals surface area contributed by atoms with Crippen molar-refractivity contribution >= 4 is 52.3 Å². The Morgan fingerprint density at radius 1 is 1.09 bits per heavy atom. The molecule has 0 aliphatic rings. The molecule has 9 heteroatoms. The fourth-order valence-electron chi connectivity index (χ4n) is 3.15. The Kier molecular flexibility index (Phi) is 10.7. The van der Waals surface area contributed by atoms with Crippen LogP contribution in [0.3, 0.4) is 0 Å². The molecule has 0 radical (unpaired) electrons. The highest BCUT2D eigenvalue weighted by atomic mass is 32.2. The smallest absolute Gasteiger partial charge is 0.279 e. The van der Waals surface area contributed by atoms with E-state index >= 15 is 0 Å². The third-order valence-electron chi connectivity index (χ3n) is 4.94. The summed E-state index contributed by atoms with van der Waals surface area (Å²) in [4.78, 5) is 37.6. The van der Waals surface area contributed by atoms with Crippen LogP contribution in [0.2, 0.25) is 0 Å². The Morgan fingerprint density at radius 3 is 2.62 bits per heavy atom. The summed E-state index contributed by atoms with van der Waals surface area (Å²) in [5, 5.41) is 4.80. The van der Waals surface area contributed by atoms with E-state index in [0.717, 1.165) is 33.6 Å². The number of amides is 2. The van der Waals surface area contributed by atoms with Crippen LogP contribution < -0.4 is 16.2 Å². The average molecular weight is 514 g/mol. The van der Waals surface area contributed by atoms with E-state index in [9.17, 15) is 14.4 Å². The summed E-state index contributed by atoms with van der Waals surface area (Å²) in [7, 11) is 0. The Balaban J connectivity index is 1.68. The van der Waals surface area contributed by atoms with Crippen LogP contribution in [0.4, 0.5) is 4.79 Å². The third-order valence-corrected chi connectivity index (χ3v) is 7.34. The van der Waals surface area contributed by atoms with Crippen LogP contribution >= 0.6 is 34.9 Å². The van der Waals surface area contributed by atoms with Crippen molar-refractivity contribution in [3.8, 4) is 11.1 Å². The molecule has 0 unspecified atom stereocenters. The van der Waals surface area contributed by atoms with Crippen molar-refractivity contribution in [1.29, 1.82) is 0 Å². The minimum Gasteiger partial charge on any atom is -0.342 e. The van der Waals surface area contributed by atoms with Gasteiger partial charge in [-0.25, -0.2) is 5.43 Å². The number of carbonyl (C=O) groups is 3. The van der Waals surface area contributed by atoms with E-state index in [1.165, 1.54) is 11.8 Å². The highest BCUT2D eigenvalue weighted by molar-refractivity contribution is 8.12. The van der Waals surface area contributed by atoms with E-state index in [-0.39, 0.29) is 11.1 Å². The summed E-state index contributed by atoms with van der Waals surface area (Å²) in [5.41, 5.74) is 8.59. The highest BCUT2D eigenvalue weighted by Crippen LogP contribution is 2.27. The molecule has 1 aromatic heterocycles. The van der Waals surface area contributed by atoms with Gasteiger partial charge in [0.1, 0.15) is 6.29 Å². The molecule has 2 amide bonds. The van der Waals surface area contributed by atoms with Crippen molar-refractivity contribution in [2.24, 2.45) is 0 Å². The molecular formula is C25H27N3O3S3. The number of hydrogen-bond acceptors (Lipinski definition) is 7. The number of aldehydes is 1. The minimum absolute atomic E-state index is 0.0918. The molecule has 3 aromatic rings. The van der Waals surface area contributed by atoms with E-state index in [1.54, 1.807) is 29.2 Å². The lowest BCUT2D eigenvalue weighted by atomic mass is 9.97. The first-order valence-electron chi connectivity index (χ1n) is 10.7. The largest absolute Gasteiger partial charge is 0.342 e. The Hall–Kier alpha value is -2.59. The molecule has 0 aliphatic heterocycles. The molecule has 0 aliphatic carbocycles. The predicted octanol–water partition coefficient (Wildman–Crippen LogP) is 5.11. The molecule has 6 nitrogen and oxygen atoms in total. The van der Waals surface area contributed by atoms with Gasteiger partial charge in [0.25, 0.3) is 11.1 Å². The highest BCUT2D eigenvalue weighted by Gasteiger charge is 2.16. The monoisotopic (exact) mass is 513 g/mol. The van der Waals surface area contributed by atoms with Crippen LogP contribution in [0.5, 0.6) is 0 Å². The number of benzene rings is 2. The molecule has 0 saturated heterocycles. The maximum atomic E-state index is 12.9. The van der Waals surface area contributed by atoms with Gasteiger partial charge < -0.3 is 10.1 Å². The molecular weight excluding hydrogens is 486 g/mol. The summed E-state index contributed by atoms with van der Waals surface area (Å²) in [6.07, 6.45) is 3.40. The molecule has 2 aromatic carbocycles. The molecule has 34 heavy (non-hydrogen) atoms. The van der Waals surface area contributed by atoms with Crippen molar-refractivity contribution in [3.05, 3.63) is 82.0 Å². The SMILES string of the molecule is CSCC[C@H](C=O)NNC(=O)c1ccc(CSC(=O)NCc2cccs2)cc1-c1ccccc1. The first-order chi connectivity index (χ1) is 16.6. The third kappa shape index (κ3) is 8.02. The Morgan fingerprint density at radius 2 is 1.91 bits per heavy atom. The van der Waals surface area contributed by atoms with Crippen molar-refractivity contribution in [2.75, 3.05) is 12.0 Å². The van der Waals surface area contributed by atoms with Crippen molar-refractivity contribution in [1.82, 2.24) is 16.2 Å². The molecule has 0 fully saturated rings. The van der Waals surface area contributed by atoms with E-state index in [0.29, 0.717) is 24.3 Å². The number of thioether (sulfide) groups is 2. The van der Waals surface area contributed by atoms with Gasteiger partial charge in [-0.15, -0.1) is 11.3 Å². The predicted molar refractivity (Wildman–Crippen MR) is 143 cm³/mol. The average Bonchev–Trinajstić information content (AvgIpc) is 3.40. The second kappa shape index (κ2) is 14.0. The molecule has 3 rings (SSSR count). The zero-order valence-corrected chi connectivity index (χ0v) is 21.2. The number of rotatable bonds is 12. The summed E-state index contributed by atoms with van der Waals surface area (Å²) in [6.45, 7) is 0.517. The number of nitrogens with one attached hydrogen (secondary N) is 3. The molecule has 3 N–H and O–H groups in total. The number of hydrazine groups is 1. The van der Waals surface area contributed by atoms with Crippen LogP contribution in [0.25, 0.3) is 11.1 Å². The zero-order chi connectivity index (χ0) is 24.2. The van der Waals surface area contributed by atoms with E-state index in [2.05, 4.69) is 16.2 Å². The van der Waals surface area contributed by atoms with Gasteiger partial charge in [0.15, 0.2) is 0 Å². The maximum Gasteiger partial charge on any atom is 0.279 e. The van der Waals surface area contributed by atoms with Gasteiger partial charge in [-0.1, -0.05) is 54.2 Å². The normalized spacial score (nSPS) is 11.6. The molecule has 1 atom stereocenters. The second-order valence-electron chi connectivity index (χ2n) is 7.38. The van der Waals surface area contributed by atoms with Crippen LogP contribution in [0.15, 0.2) is 66.0 Å². The van der Waals surface area contributed by atoms with Gasteiger partial charge in [0.2, 0.25) is 0 Å². The minimum atomic E-state index is -0.445. The van der Waals surface area contributed by atoms with Crippen LogP contribution in [-0.2, 0) is 17.1 Å².